The van der Waals surface area contributed by atoms with Crippen molar-refractivity contribution < 1.29 is 28.8 Å². The first-order chi connectivity index (χ1) is 18.9. The van der Waals surface area contributed by atoms with Crippen LogP contribution in [-0.2, 0) is 15.3 Å². The number of carbonyl (C=O) groups excluding carboxylic acids is 3. The van der Waals surface area contributed by atoms with Gasteiger partial charge in [-0.1, -0.05) is 12.1 Å². The highest BCUT2D eigenvalue weighted by molar-refractivity contribution is 7.99. The Hall–Kier alpha value is -4.22. The minimum absolute atomic E-state index is 0.0328. The van der Waals surface area contributed by atoms with E-state index in [0.717, 1.165) is 18.4 Å². The number of nitro benzene ring substituents is 1. The highest BCUT2D eigenvalue weighted by Crippen LogP contribution is 2.31. The zero-order valence-electron chi connectivity index (χ0n) is 20.8. The molecule has 3 aromatic carbocycles. The second kappa shape index (κ2) is 11.7. The summed E-state index contributed by atoms with van der Waals surface area (Å²) in [5.74, 6) is 0.871. The van der Waals surface area contributed by atoms with Crippen molar-refractivity contribution in [2.75, 3.05) is 24.2 Å². The third-order valence-corrected chi connectivity index (χ3v) is 7.38. The van der Waals surface area contributed by atoms with Gasteiger partial charge in [0.05, 0.1) is 34.5 Å². The average molecular weight is 548 g/mol. The Bertz CT molecular complexity index is 1400. The largest absolute Gasteiger partial charge is 0.457 e. The number of anilines is 1. The number of hydrogen-bond acceptors (Lipinski definition) is 8. The third kappa shape index (κ3) is 6.27. The van der Waals surface area contributed by atoms with Crippen LogP contribution in [0.3, 0.4) is 0 Å². The molecule has 0 aliphatic carbocycles. The monoisotopic (exact) mass is 547 g/mol. The molecule has 2 aliphatic rings. The number of rotatable bonds is 10. The molecule has 3 aromatic rings. The number of hydrogen-bond donors (Lipinski definition) is 1. The summed E-state index contributed by atoms with van der Waals surface area (Å²) in [4.78, 5) is 49.4. The van der Waals surface area contributed by atoms with Crippen LogP contribution in [0.1, 0.15) is 39.1 Å². The van der Waals surface area contributed by atoms with Crippen LogP contribution in [0.15, 0.2) is 66.7 Å². The van der Waals surface area contributed by atoms with Gasteiger partial charge in [0.1, 0.15) is 11.5 Å². The minimum Gasteiger partial charge on any atom is -0.457 e. The van der Waals surface area contributed by atoms with Crippen LogP contribution in [0, 0.1) is 10.1 Å². The molecule has 5 rings (SSSR count). The van der Waals surface area contributed by atoms with Crippen molar-refractivity contribution in [3.05, 3.63) is 93.5 Å². The van der Waals surface area contributed by atoms with E-state index in [1.165, 1.54) is 28.8 Å². The highest BCUT2D eigenvalue weighted by Gasteiger charge is 2.37. The first kappa shape index (κ1) is 26.4. The number of nitrogens with one attached hydrogen (secondary N) is 1. The van der Waals surface area contributed by atoms with Crippen molar-refractivity contribution in [3.8, 4) is 11.5 Å². The maximum absolute atomic E-state index is 12.9. The molecule has 1 unspecified atom stereocenters. The van der Waals surface area contributed by atoms with Crippen molar-refractivity contribution >= 4 is 40.9 Å². The van der Waals surface area contributed by atoms with Gasteiger partial charge in [-0.2, -0.15) is 0 Å². The number of fused-ring (bicyclic) bond motifs is 1. The predicted molar refractivity (Wildman–Crippen MR) is 145 cm³/mol. The van der Waals surface area contributed by atoms with Gasteiger partial charge in [-0.05, 0) is 60.9 Å². The Morgan fingerprint density at radius 3 is 2.44 bits per heavy atom. The molecule has 2 heterocycles. The van der Waals surface area contributed by atoms with Gasteiger partial charge in [0.25, 0.3) is 17.5 Å². The average Bonchev–Trinajstić information content (AvgIpc) is 3.53. The van der Waals surface area contributed by atoms with Crippen LogP contribution in [0.5, 0.6) is 11.5 Å². The number of nitro groups is 1. The summed E-state index contributed by atoms with van der Waals surface area (Å²) < 4.78 is 11.5. The van der Waals surface area contributed by atoms with E-state index in [9.17, 15) is 24.5 Å². The molecule has 1 N–H and O–H groups in total. The van der Waals surface area contributed by atoms with Crippen molar-refractivity contribution in [1.82, 2.24) is 4.90 Å². The van der Waals surface area contributed by atoms with Crippen LogP contribution in [0.25, 0.3) is 0 Å². The molecule has 39 heavy (non-hydrogen) atoms. The molecular weight excluding hydrogens is 522 g/mol. The first-order valence-electron chi connectivity index (χ1n) is 12.4. The van der Waals surface area contributed by atoms with Crippen LogP contribution < -0.4 is 10.1 Å². The van der Waals surface area contributed by atoms with Crippen molar-refractivity contribution in [3.63, 3.8) is 0 Å². The Labute approximate surface area is 228 Å². The predicted octanol–water partition coefficient (Wildman–Crippen LogP) is 5.03. The minimum atomic E-state index is -0.448. The zero-order chi connectivity index (χ0) is 27.4. The van der Waals surface area contributed by atoms with Gasteiger partial charge >= 0.3 is 0 Å². The lowest BCUT2D eigenvalue weighted by atomic mass is 10.1. The van der Waals surface area contributed by atoms with E-state index >= 15 is 0 Å². The Kier molecular flexibility index (Phi) is 7.89. The summed E-state index contributed by atoms with van der Waals surface area (Å²) in [5, 5.41) is 13.6. The van der Waals surface area contributed by atoms with E-state index in [1.807, 2.05) is 0 Å². The number of thioether (sulfide) groups is 1. The van der Waals surface area contributed by atoms with Crippen molar-refractivity contribution in [2.45, 2.75) is 24.7 Å². The van der Waals surface area contributed by atoms with E-state index < -0.39 is 4.92 Å². The molecule has 0 aromatic heterocycles. The SMILES string of the molecule is O=C(CSCc1ccc([N+](=O)[O-])cc1)Nc1ccc(Oc2ccc3c(c2)C(=O)N(CC2CCCO2)C3=O)cc1. The molecule has 0 bridgehead atoms. The molecule has 200 valence electrons. The second-order valence-electron chi connectivity index (χ2n) is 9.15. The van der Waals surface area contributed by atoms with E-state index in [2.05, 4.69) is 5.32 Å². The lowest BCUT2D eigenvalue weighted by Gasteiger charge is -2.17. The molecule has 0 saturated carbocycles. The summed E-state index contributed by atoms with van der Waals surface area (Å²) in [7, 11) is 0. The fourth-order valence-corrected chi connectivity index (χ4v) is 5.19. The molecule has 1 fully saturated rings. The maximum atomic E-state index is 12.9. The van der Waals surface area contributed by atoms with Gasteiger partial charge in [0.2, 0.25) is 5.91 Å². The topological polar surface area (TPSA) is 128 Å². The standard InChI is InChI=1S/C28H25N3O7S/c32-26(17-39-16-18-3-7-20(8-4-18)31(35)36)29-19-5-9-21(10-6-19)38-22-11-12-24-25(14-22)28(34)30(27(24)33)15-23-2-1-13-37-23/h3-12,14,23H,1-2,13,15-17H2,(H,29,32). The third-order valence-electron chi connectivity index (χ3n) is 6.38. The first-order valence-corrected chi connectivity index (χ1v) is 13.5. The zero-order valence-corrected chi connectivity index (χ0v) is 21.6. The number of imide groups is 1. The van der Waals surface area contributed by atoms with E-state index in [4.69, 9.17) is 9.47 Å². The number of ether oxygens (including phenoxy) is 2. The van der Waals surface area contributed by atoms with Gasteiger partial charge < -0.3 is 14.8 Å². The van der Waals surface area contributed by atoms with Gasteiger partial charge in [0.15, 0.2) is 0 Å². The quantitative estimate of drug-likeness (QED) is 0.213. The van der Waals surface area contributed by atoms with Crippen LogP contribution in [0.4, 0.5) is 11.4 Å². The van der Waals surface area contributed by atoms with E-state index in [1.54, 1.807) is 54.6 Å². The lowest BCUT2D eigenvalue weighted by molar-refractivity contribution is -0.384. The van der Waals surface area contributed by atoms with Crippen molar-refractivity contribution in [1.29, 1.82) is 0 Å². The molecule has 10 nitrogen and oxygen atoms in total. The van der Waals surface area contributed by atoms with E-state index in [0.29, 0.717) is 40.7 Å². The maximum Gasteiger partial charge on any atom is 0.269 e. The highest BCUT2D eigenvalue weighted by atomic mass is 32.2. The van der Waals surface area contributed by atoms with E-state index in [-0.39, 0.29) is 41.8 Å². The molecule has 1 atom stereocenters. The molecule has 0 spiro atoms. The van der Waals surface area contributed by atoms with Crippen LogP contribution in [0.2, 0.25) is 0 Å². The fraction of sp³-hybridized carbons (Fsp3) is 0.250. The molecule has 3 amide bonds. The molecule has 0 radical (unpaired) electrons. The summed E-state index contributed by atoms with van der Waals surface area (Å²) >= 11 is 1.40. The molecule has 11 heteroatoms. The van der Waals surface area contributed by atoms with Gasteiger partial charge in [-0.25, -0.2) is 0 Å². The number of nitrogens with zero attached hydrogens (tertiary/aromatic N) is 2. The summed E-state index contributed by atoms with van der Waals surface area (Å²) in [6.07, 6.45) is 1.65. The molecular formula is C28H25N3O7S. The van der Waals surface area contributed by atoms with Gasteiger partial charge in [0, 0.05) is 30.2 Å². The summed E-state index contributed by atoms with van der Waals surface area (Å²) in [6.45, 7) is 0.906. The lowest BCUT2D eigenvalue weighted by Crippen LogP contribution is -2.36. The number of benzene rings is 3. The number of amides is 3. The Morgan fingerprint density at radius 2 is 1.74 bits per heavy atom. The summed E-state index contributed by atoms with van der Waals surface area (Å²) in [5.41, 5.74) is 2.20. The molecule has 2 aliphatic heterocycles. The van der Waals surface area contributed by atoms with Gasteiger partial charge in [-0.3, -0.25) is 29.4 Å². The normalized spacial score (nSPS) is 16.3. The van der Waals surface area contributed by atoms with Crippen LogP contribution in [-0.4, -0.2) is 52.6 Å². The van der Waals surface area contributed by atoms with Gasteiger partial charge in [-0.15, -0.1) is 11.8 Å². The molecule has 1 saturated heterocycles. The second-order valence-corrected chi connectivity index (χ2v) is 10.1. The Balaban J connectivity index is 1.12. The fourth-order valence-electron chi connectivity index (χ4n) is 4.41. The number of carbonyl (C=O) groups is 3. The number of non-ortho nitro benzene ring substituents is 1. The Morgan fingerprint density at radius 1 is 1.03 bits per heavy atom. The van der Waals surface area contributed by atoms with Crippen LogP contribution >= 0.6 is 11.8 Å². The summed E-state index contributed by atoms with van der Waals surface area (Å²) in [6, 6.07) is 17.9. The smallest absolute Gasteiger partial charge is 0.269 e. The van der Waals surface area contributed by atoms with Crippen molar-refractivity contribution in [2.24, 2.45) is 0 Å².